The first-order valence-electron chi connectivity index (χ1n) is 8.00. The van der Waals surface area contributed by atoms with Gasteiger partial charge in [0.15, 0.2) is 0 Å². The fourth-order valence-electron chi connectivity index (χ4n) is 2.72. The topological polar surface area (TPSA) is 29.5 Å². The summed E-state index contributed by atoms with van der Waals surface area (Å²) in [6, 6.07) is 18.7. The van der Waals surface area contributed by atoms with Crippen molar-refractivity contribution in [3.05, 3.63) is 88.2 Å². The molecule has 1 unspecified atom stereocenters. The number of rotatable bonds is 3. The molecule has 1 aliphatic rings. The molecule has 0 spiro atoms. The van der Waals surface area contributed by atoms with E-state index >= 15 is 0 Å². The van der Waals surface area contributed by atoms with E-state index in [1.54, 1.807) is 41.1 Å². The minimum atomic E-state index is -3.42. The fourth-order valence-corrected chi connectivity index (χ4v) is 7.21. The Morgan fingerprint density at radius 2 is 1.78 bits per heavy atom. The van der Waals surface area contributed by atoms with Crippen LogP contribution in [0.3, 0.4) is 0 Å². The Morgan fingerprint density at radius 1 is 1.04 bits per heavy atom. The lowest BCUT2D eigenvalue weighted by Crippen LogP contribution is -2.25. The van der Waals surface area contributed by atoms with Gasteiger partial charge in [0, 0.05) is 32.6 Å². The average Bonchev–Trinajstić information content (AvgIpc) is 2.65. The Bertz CT molecular complexity index is 1050. The van der Waals surface area contributed by atoms with Crippen LogP contribution >= 0.6 is 41.3 Å². The van der Waals surface area contributed by atoms with Gasteiger partial charge in [0.25, 0.3) is 0 Å². The van der Waals surface area contributed by atoms with E-state index in [0.29, 0.717) is 23.0 Å². The monoisotopic (exact) mass is 439 g/mol. The van der Waals surface area contributed by atoms with Crippen LogP contribution in [0.2, 0.25) is 10.0 Å². The number of benzene rings is 3. The molecule has 1 aliphatic heterocycles. The predicted molar refractivity (Wildman–Crippen MR) is 110 cm³/mol. The third-order valence-electron chi connectivity index (χ3n) is 4.04. The lowest BCUT2D eigenvalue weighted by Gasteiger charge is -2.37. The summed E-state index contributed by atoms with van der Waals surface area (Å²) in [5.41, 5.74) is 1.42. The van der Waals surface area contributed by atoms with Crippen LogP contribution < -0.4 is 9.19 Å². The highest BCUT2D eigenvalue weighted by molar-refractivity contribution is 8.57. The van der Waals surface area contributed by atoms with Crippen molar-refractivity contribution >= 4 is 47.0 Å². The summed E-state index contributed by atoms with van der Waals surface area (Å²) in [5, 5.41) is 0.559. The van der Waals surface area contributed by atoms with Crippen LogP contribution in [0.5, 0.6) is 5.75 Å². The second-order valence-electron chi connectivity index (χ2n) is 5.87. The quantitative estimate of drug-likeness (QED) is 0.396. The van der Waals surface area contributed by atoms with Crippen LogP contribution in [0.4, 0.5) is 10.1 Å². The zero-order chi connectivity index (χ0) is 19.0. The van der Waals surface area contributed by atoms with Gasteiger partial charge < -0.3 is 4.52 Å². The van der Waals surface area contributed by atoms with Crippen LogP contribution in [0.15, 0.2) is 71.6 Å². The van der Waals surface area contributed by atoms with Gasteiger partial charge in [-0.1, -0.05) is 41.4 Å². The number of halogens is 3. The summed E-state index contributed by atoms with van der Waals surface area (Å²) in [7, 11) is 0. The molecule has 0 saturated carbocycles. The molecule has 1 atom stereocenters. The van der Waals surface area contributed by atoms with Crippen LogP contribution in [-0.4, -0.2) is 0 Å². The second kappa shape index (κ2) is 7.40. The maximum atomic E-state index is 13.9. The molecule has 0 saturated heterocycles. The first-order valence-corrected chi connectivity index (χ1v) is 11.8. The molecule has 27 heavy (non-hydrogen) atoms. The SMILES string of the molecule is O=P1(Sc2ccc(Cl)cc2)Oc2ccccc2CN1c1ccc(F)c(Cl)c1. The number of hydrogen-bond acceptors (Lipinski definition) is 3. The maximum absolute atomic E-state index is 13.9. The summed E-state index contributed by atoms with van der Waals surface area (Å²) < 4.78 is 35.1. The van der Waals surface area contributed by atoms with Crippen LogP contribution in [0.25, 0.3) is 0 Å². The largest absolute Gasteiger partial charge is 0.421 e. The van der Waals surface area contributed by atoms with Gasteiger partial charge >= 0.3 is 6.72 Å². The van der Waals surface area contributed by atoms with Crippen molar-refractivity contribution in [1.29, 1.82) is 0 Å². The molecule has 4 rings (SSSR count). The molecule has 3 nitrogen and oxygen atoms in total. The number of nitrogens with zero attached hydrogens (tertiary/aromatic N) is 1. The van der Waals surface area contributed by atoms with E-state index in [2.05, 4.69) is 0 Å². The molecule has 0 fully saturated rings. The molecule has 0 amide bonds. The summed E-state index contributed by atoms with van der Waals surface area (Å²) in [5.74, 6) is 0.0469. The third-order valence-corrected chi connectivity index (χ3v) is 8.82. The van der Waals surface area contributed by atoms with Crippen LogP contribution in [-0.2, 0) is 11.1 Å². The molecule has 138 valence electrons. The Balaban J connectivity index is 1.78. The van der Waals surface area contributed by atoms with E-state index in [-0.39, 0.29) is 5.02 Å². The van der Waals surface area contributed by atoms with Gasteiger partial charge in [-0.2, -0.15) is 0 Å². The van der Waals surface area contributed by atoms with Crippen molar-refractivity contribution in [2.75, 3.05) is 4.67 Å². The Morgan fingerprint density at radius 3 is 2.52 bits per heavy atom. The first kappa shape index (κ1) is 18.7. The standard InChI is InChI=1S/C19H13Cl2FNO2PS/c20-14-5-8-16(9-6-14)27-26(24)23(15-7-10-18(22)17(21)11-15)12-13-3-1-2-4-19(13)25-26/h1-11H,12H2. The fraction of sp³-hybridized carbons (Fsp3) is 0.0526. The minimum absolute atomic E-state index is 0.0330. The minimum Gasteiger partial charge on any atom is -0.421 e. The van der Waals surface area contributed by atoms with E-state index in [1.807, 2.05) is 18.2 Å². The number of hydrogen-bond donors (Lipinski definition) is 0. The van der Waals surface area contributed by atoms with Crippen molar-refractivity contribution in [3.63, 3.8) is 0 Å². The first-order chi connectivity index (χ1) is 12.9. The molecule has 0 radical (unpaired) electrons. The van der Waals surface area contributed by atoms with Crippen molar-refractivity contribution in [1.82, 2.24) is 0 Å². The Kier molecular flexibility index (Phi) is 5.13. The van der Waals surface area contributed by atoms with Crippen molar-refractivity contribution in [3.8, 4) is 5.75 Å². The smallest absolute Gasteiger partial charge is 0.407 e. The Hall–Kier alpha value is -1.65. The van der Waals surface area contributed by atoms with Gasteiger partial charge in [0.1, 0.15) is 11.6 Å². The van der Waals surface area contributed by atoms with E-state index in [1.165, 1.54) is 12.1 Å². The normalized spacial score (nSPS) is 18.7. The van der Waals surface area contributed by atoms with Gasteiger partial charge in [-0.05, 0) is 48.5 Å². The molecule has 0 aliphatic carbocycles. The summed E-state index contributed by atoms with van der Waals surface area (Å²) in [6.45, 7) is -3.07. The second-order valence-corrected chi connectivity index (χ2v) is 10.9. The van der Waals surface area contributed by atoms with Crippen LogP contribution in [0, 0.1) is 5.82 Å². The molecule has 0 bridgehead atoms. The molecular formula is C19H13Cl2FNO2PS. The lowest BCUT2D eigenvalue weighted by atomic mass is 10.2. The van der Waals surface area contributed by atoms with Crippen molar-refractivity contribution in [2.45, 2.75) is 11.4 Å². The highest BCUT2D eigenvalue weighted by Crippen LogP contribution is 2.68. The van der Waals surface area contributed by atoms with Gasteiger partial charge in [-0.3, -0.25) is 4.67 Å². The van der Waals surface area contributed by atoms with E-state index in [9.17, 15) is 8.96 Å². The van der Waals surface area contributed by atoms with Gasteiger partial charge in [0.2, 0.25) is 0 Å². The highest BCUT2D eigenvalue weighted by atomic mass is 35.5. The van der Waals surface area contributed by atoms with Crippen molar-refractivity contribution < 1.29 is 13.5 Å². The average molecular weight is 440 g/mol. The number of anilines is 1. The Labute approximate surface area is 170 Å². The molecule has 8 heteroatoms. The highest BCUT2D eigenvalue weighted by Gasteiger charge is 2.40. The number of para-hydroxylation sites is 1. The molecule has 3 aromatic rings. The van der Waals surface area contributed by atoms with Gasteiger partial charge in [-0.25, -0.2) is 8.96 Å². The predicted octanol–water partition coefficient (Wildman–Crippen LogP) is 7.43. The lowest BCUT2D eigenvalue weighted by molar-refractivity contribution is 0.480. The summed E-state index contributed by atoms with van der Waals surface area (Å²) in [6.07, 6.45) is 0. The summed E-state index contributed by atoms with van der Waals surface area (Å²) >= 11 is 13.0. The zero-order valence-corrected chi connectivity index (χ0v) is 17.0. The van der Waals surface area contributed by atoms with E-state index in [4.69, 9.17) is 27.7 Å². The maximum Gasteiger partial charge on any atom is 0.407 e. The molecule has 0 aromatic heterocycles. The molecule has 3 aromatic carbocycles. The van der Waals surface area contributed by atoms with Gasteiger partial charge in [-0.15, -0.1) is 0 Å². The molecule has 1 heterocycles. The molecular weight excluding hydrogens is 427 g/mol. The number of fused-ring (bicyclic) bond motifs is 1. The van der Waals surface area contributed by atoms with Crippen LogP contribution in [0.1, 0.15) is 5.56 Å². The van der Waals surface area contributed by atoms with E-state index in [0.717, 1.165) is 21.8 Å². The molecule has 0 N–H and O–H groups in total. The van der Waals surface area contributed by atoms with Gasteiger partial charge in [0.05, 0.1) is 11.6 Å². The van der Waals surface area contributed by atoms with E-state index < -0.39 is 12.5 Å². The zero-order valence-electron chi connectivity index (χ0n) is 13.8. The van der Waals surface area contributed by atoms with Crippen molar-refractivity contribution in [2.24, 2.45) is 0 Å². The third kappa shape index (κ3) is 3.83. The summed E-state index contributed by atoms with van der Waals surface area (Å²) in [4.78, 5) is 0.750.